The molecule has 2 rings (SSSR count). The lowest BCUT2D eigenvalue weighted by atomic mass is 9.92. The summed E-state index contributed by atoms with van der Waals surface area (Å²) in [6.45, 7) is 4.74. The Balaban J connectivity index is 2.09. The van der Waals surface area contributed by atoms with Crippen molar-refractivity contribution in [3.05, 3.63) is 0 Å². The van der Waals surface area contributed by atoms with Gasteiger partial charge in [-0.15, -0.1) is 23.4 Å². The Morgan fingerprint density at radius 3 is 2.56 bits per heavy atom. The number of rotatable bonds is 7. The third kappa shape index (κ3) is 5.29. The predicted molar refractivity (Wildman–Crippen MR) is 107 cm³/mol. The second kappa shape index (κ2) is 10.1. The van der Waals surface area contributed by atoms with Crippen molar-refractivity contribution < 1.29 is 24.9 Å². The van der Waals surface area contributed by atoms with Crippen LogP contribution < -0.4 is 5.32 Å². The summed E-state index contributed by atoms with van der Waals surface area (Å²) in [5.41, 5.74) is -0.702. The van der Waals surface area contributed by atoms with E-state index in [0.717, 1.165) is 25.8 Å². The van der Waals surface area contributed by atoms with Gasteiger partial charge in [-0.3, -0.25) is 9.69 Å². The zero-order chi connectivity index (χ0) is 20.3. The number of hydrogen-bond donors (Lipinski definition) is 4. The molecule has 0 aromatic rings. The van der Waals surface area contributed by atoms with Crippen molar-refractivity contribution in [2.45, 2.75) is 80.4 Å². The van der Waals surface area contributed by atoms with Crippen LogP contribution in [-0.4, -0.2) is 93.3 Å². The lowest BCUT2D eigenvalue weighted by Crippen LogP contribution is -2.65. The van der Waals surface area contributed by atoms with Crippen LogP contribution in [-0.2, 0) is 9.53 Å². The van der Waals surface area contributed by atoms with Gasteiger partial charge in [0.05, 0.1) is 17.5 Å². The van der Waals surface area contributed by atoms with Gasteiger partial charge in [-0.25, -0.2) is 0 Å². The lowest BCUT2D eigenvalue weighted by molar-refractivity contribution is -0.205. The first-order valence-corrected chi connectivity index (χ1v) is 11.3. The summed E-state index contributed by atoms with van der Waals surface area (Å²) in [6, 6.07) is -0.934. The first kappa shape index (κ1) is 23.2. The lowest BCUT2D eigenvalue weighted by Gasteiger charge is -2.44. The number of likely N-dealkylation sites (N-methyl/N-ethyl adjacent to an activating group) is 1. The Morgan fingerprint density at radius 1 is 1.33 bits per heavy atom. The van der Waals surface area contributed by atoms with E-state index in [-0.39, 0.29) is 11.9 Å². The van der Waals surface area contributed by atoms with E-state index in [2.05, 4.69) is 12.2 Å². The number of aliphatic hydroxyl groups is 3. The summed E-state index contributed by atoms with van der Waals surface area (Å²) < 4.78 is 5.79. The monoisotopic (exact) mass is 424 g/mol. The van der Waals surface area contributed by atoms with E-state index in [1.807, 2.05) is 11.9 Å². The van der Waals surface area contributed by atoms with Crippen LogP contribution in [0.4, 0.5) is 0 Å². The van der Waals surface area contributed by atoms with Crippen LogP contribution in [0.2, 0.25) is 0 Å². The number of ether oxygens (including phenoxy) is 1. The van der Waals surface area contributed by atoms with E-state index < -0.39 is 41.3 Å². The van der Waals surface area contributed by atoms with Gasteiger partial charge in [0.15, 0.2) is 0 Å². The molecule has 9 atom stereocenters. The summed E-state index contributed by atoms with van der Waals surface area (Å²) in [5, 5.41) is 33.0. The molecule has 7 nitrogen and oxygen atoms in total. The smallest absolute Gasteiger partial charge is 0.237 e. The summed E-state index contributed by atoms with van der Waals surface area (Å²) >= 11 is 7.55. The highest BCUT2D eigenvalue weighted by molar-refractivity contribution is 7.99. The van der Waals surface area contributed by atoms with Crippen molar-refractivity contribution in [3.8, 4) is 0 Å². The molecular weight excluding hydrogens is 392 g/mol. The number of carbonyl (C=O) groups is 1. The maximum Gasteiger partial charge on any atom is 0.237 e. The number of likely N-dealkylation sites (tertiary alicyclic amines) is 1. The molecule has 2 saturated heterocycles. The highest BCUT2D eigenvalue weighted by Crippen LogP contribution is 2.31. The predicted octanol–water partition coefficient (Wildman–Crippen LogP) is 0.390. The molecule has 27 heavy (non-hydrogen) atoms. The number of halogens is 1. The Morgan fingerprint density at radius 2 is 2.00 bits per heavy atom. The van der Waals surface area contributed by atoms with Crippen molar-refractivity contribution in [2.75, 3.05) is 19.8 Å². The normalized spacial score (nSPS) is 39.9. The molecule has 0 aromatic heterocycles. The summed E-state index contributed by atoms with van der Waals surface area (Å²) in [4.78, 5) is 14.9. The highest BCUT2D eigenvalue weighted by Gasteiger charge is 2.48. The van der Waals surface area contributed by atoms with E-state index in [9.17, 15) is 20.1 Å². The Hall–Kier alpha value is -0.0900. The van der Waals surface area contributed by atoms with E-state index >= 15 is 0 Å². The average molecular weight is 425 g/mol. The van der Waals surface area contributed by atoms with Gasteiger partial charge in [-0.05, 0) is 39.0 Å². The number of thioether (sulfide) groups is 1. The SMILES string of the molecule is CCC[C@H]1C[C@H](C(=O)N[C@@H]([C@@H]2O[C@@H](SC)[C@@H](O)[C@H](O)[C@@H]2O)[C@@H](C)Cl)N(C)C1. The van der Waals surface area contributed by atoms with Crippen molar-refractivity contribution in [1.82, 2.24) is 10.2 Å². The molecule has 1 amide bonds. The fourth-order valence-electron chi connectivity index (χ4n) is 4.11. The second-order valence-corrected chi connectivity index (χ2v) is 9.36. The number of nitrogens with one attached hydrogen (secondary N) is 1. The van der Waals surface area contributed by atoms with Crippen molar-refractivity contribution >= 4 is 29.3 Å². The van der Waals surface area contributed by atoms with Gasteiger partial charge in [-0.2, -0.15) is 0 Å². The molecule has 2 aliphatic rings. The van der Waals surface area contributed by atoms with Crippen molar-refractivity contribution in [1.29, 1.82) is 0 Å². The Kier molecular flexibility index (Phi) is 8.67. The fourth-order valence-corrected chi connectivity index (χ4v) is 5.00. The number of nitrogens with zero attached hydrogens (tertiary/aromatic N) is 1. The Labute approximate surface area is 170 Å². The number of amides is 1. The number of aliphatic hydroxyl groups excluding tert-OH is 3. The van der Waals surface area contributed by atoms with E-state index in [4.69, 9.17) is 16.3 Å². The quantitative estimate of drug-likeness (QED) is 0.438. The van der Waals surface area contributed by atoms with E-state index in [0.29, 0.717) is 5.92 Å². The van der Waals surface area contributed by atoms with Gasteiger partial charge >= 0.3 is 0 Å². The molecule has 0 aliphatic carbocycles. The van der Waals surface area contributed by atoms with Crippen LogP contribution in [0.25, 0.3) is 0 Å². The third-order valence-corrected chi connectivity index (χ3v) is 6.76. The van der Waals surface area contributed by atoms with Crippen LogP contribution in [0.5, 0.6) is 0 Å². The zero-order valence-electron chi connectivity index (χ0n) is 16.4. The summed E-state index contributed by atoms with van der Waals surface area (Å²) in [5.74, 6) is 0.350. The number of hydrogen-bond acceptors (Lipinski definition) is 7. The van der Waals surface area contributed by atoms with Gasteiger partial charge < -0.3 is 25.4 Å². The summed E-state index contributed by atoms with van der Waals surface area (Å²) in [6.07, 6.45) is -0.0980. The van der Waals surface area contributed by atoms with Crippen LogP contribution in [0.3, 0.4) is 0 Å². The van der Waals surface area contributed by atoms with Gasteiger partial charge in [0.1, 0.15) is 29.9 Å². The zero-order valence-corrected chi connectivity index (χ0v) is 18.0. The van der Waals surface area contributed by atoms with E-state index in [1.54, 1.807) is 13.2 Å². The molecule has 9 heteroatoms. The first-order chi connectivity index (χ1) is 12.7. The molecule has 0 unspecified atom stereocenters. The van der Waals surface area contributed by atoms with Gasteiger partial charge in [0, 0.05) is 6.54 Å². The largest absolute Gasteiger partial charge is 0.388 e. The van der Waals surface area contributed by atoms with Crippen LogP contribution in [0.15, 0.2) is 0 Å². The first-order valence-electron chi connectivity index (χ1n) is 9.58. The van der Waals surface area contributed by atoms with Crippen molar-refractivity contribution in [2.24, 2.45) is 5.92 Å². The number of alkyl halides is 1. The van der Waals surface area contributed by atoms with E-state index in [1.165, 1.54) is 11.8 Å². The molecule has 2 fully saturated rings. The maximum atomic E-state index is 12.9. The fraction of sp³-hybridized carbons (Fsp3) is 0.944. The van der Waals surface area contributed by atoms with Gasteiger partial charge in [0.25, 0.3) is 0 Å². The minimum absolute atomic E-state index is 0.147. The molecule has 0 spiro atoms. The van der Waals surface area contributed by atoms with Crippen LogP contribution >= 0.6 is 23.4 Å². The molecule has 0 saturated carbocycles. The summed E-state index contributed by atoms with van der Waals surface area (Å²) in [7, 11) is 1.94. The molecule has 2 aliphatic heterocycles. The Bertz CT molecular complexity index is 498. The van der Waals surface area contributed by atoms with Gasteiger partial charge in [-0.1, -0.05) is 13.3 Å². The molecule has 0 bridgehead atoms. The van der Waals surface area contributed by atoms with Crippen LogP contribution in [0, 0.1) is 5.92 Å². The molecule has 158 valence electrons. The van der Waals surface area contributed by atoms with Crippen molar-refractivity contribution in [3.63, 3.8) is 0 Å². The topological polar surface area (TPSA) is 102 Å². The molecular formula is C18H33ClN2O5S. The third-order valence-electron chi connectivity index (χ3n) is 5.63. The average Bonchev–Trinajstić information content (AvgIpc) is 2.99. The molecule has 2 heterocycles. The standard InChI is InChI=1S/C18H33ClN2O5S/c1-5-6-10-7-11(21(3)8-10)17(25)20-12(9(2)19)16-14(23)13(22)15(24)18(26-16)27-4/h9-16,18,22-24H,5-8H2,1-4H3,(H,20,25)/t9-,10+,11-,12-,13-,14+,15+,16+,18+/m1/s1. The minimum Gasteiger partial charge on any atom is -0.388 e. The highest BCUT2D eigenvalue weighted by atomic mass is 35.5. The van der Waals surface area contributed by atoms with Gasteiger partial charge in [0.2, 0.25) is 5.91 Å². The number of carbonyl (C=O) groups excluding carboxylic acids is 1. The molecule has 0 aromatic carbocycles. The second-order valence-electron chi connectivity index (χ2n) is 7.73. The van der Waals surface area contributed by atoms with Crippen LogP contribution in [0.1, 0.15) is 33.1 Å². The molecule has 4 N–H and O–H groups in total. The maximum absolute atomic E-state index is 12.9. The minimum atomic E-state index is -1.36. The molecule has 0 radical (unpaired) electrons.